The molecule has 2 nitrogen and oxygen atoms in total. The summed E-state index contributed by atoms with van der Waals surface area (Å²) in [6.45, 7) is 0.156. The van der Waals surface area contributed by atoms with Crippen LogP contribution in [-0.4, -0.2) is 22.9 Å². The first kappa shape index (κ1) is 9.57. The summed E-state index contributed by atoms with van der Waals surface area (Å²) >= 11 is 0. The fraction of sp³-hybridized carbons (Fsp3) is 0.800. The summed E-state index contributed by atoms with van der Waals surface area (Å²) in [5.41, 5.74) is 0. The first-order valence-corrected chi connectivity index (χ1v) is 4.54. The van der Waals surface area contributed by atoms with Crippen LogP contribution in [0.4, 0.5) is 0 Å². The van der Waals surface area contributed by atoms with Crippen molar-refractivity contribution >= 4 is 0 Å². The van der Waals surface area contributed by atoms with Gasteiger partial charge in [0.25, 0.3) is 0 Å². The Hall–Kier alpha value is -0.520. The molecule has 1 aliphatic carbocycles. The van der Waals surface area contributed by atoms with Crippen molar-refractivity contribution in [1.29, 1.82) is 0 Å². The average molecular weight is 168 g/mol. The van der Waals surface area contributed by atoms with Gasteiger partial charge < -0.3 is 10.2 Å². The first-order valence-electron chi connectivity index (χ1n) is 4.54. The molecule has 0 bridgehead atoms. The van der Waals surface area contributed by atoms with Crippen molar-refractivity contribution in [3.63, 3.8) is 0 Å². The third-order valence-electron chi connectivity index (χ3n) is 2.78. The predicted octanol–water partition coefficient (Wildman–Crippen LogP) is 0.779. The number of rotatable bonds is 2. The van der Waals surface area contributed by atoms with E-state index in [1.54, 1.807) is 0 Å². The van der Waals surface area contributed by atoms with E-state index in [1.807, 2.05) is 0 Å². The summed E-state index contributed by atoms with van der Waals surface area (Å²) in [5, 5.41) is 18.5. The van der Waals surface area contributed by atoms with Gasteiger partial charge in [-0.25, -0.2) is 0 Å². The van der Waals surface area contributed by atoms with Crippen molar-refractivity contribution in [2.24, 2.45) is 11.8 Å². The molecule has 0 heterocycles. The lowest BCUT2D eigenvalue weighted by Crippen LogP contribution is -2.31. The van der Waals surface area contributed by atoms with Crippen molar-refractivity contribution < 1.29 is 10.2 Å². The lowest BCUT2D eigenvalue weighted by Gasteiger charge is -2.31. The topological polar surface area (TPSA) is 40.5 Å². The highest BCUT2D eigenvalue weighted by atomic mass is 16.3. The van der Waals surface area contributed by atoms with E-state index in [-0.39, 0.29) is 18.4 Å². The molecule has 0 aromatic rings. The normalized spacial score (nSPS) is 32.4. The van der Waals surface area contributed by atoms with Gasteiger partial charge in [0, 0.05) is 12.5 Å². The second-order valence-electron chi connectivity index (χ2n) is 3.50. The third kappa shape index (κ3) is 2.00. The monoisotopic (exact) mass is 168 g/mol. The number of aliphatic hydroxyl groups is 2. The molecule has 0 amide bonds. The summed E-state index contributed by atoms with van der Waals surface area (Å²) in [6.07, 6.45) is 8.71. The molecule has 2 heteroatoms. The minimum atomic E-state index is -0.664. The molecule has 12 heavy (non-hydrogen) atoms. The van der Waals surface area contributed by atoms with Crippen LogP contribution in [0.5, 0.6) is 0 Å². The zero-order valence-electron chi connectivity index (χ0n) is 7.24. The van der Waals surface area contributed by atoms with Crippen LogP contribution in [0.15, 0.2) is 0 Å². The molecule has 2 N–H and O–H groups in total. The quantitative estimate of drug-likeness (QED) is 0.598. The lowest BCUT2D eigenvalue weighted by atomic mass is 9.77. The molecule has 0 spiro atoms. The van der Waals surface area contributed by atoms with Gasteiger partial charge in [-0.1, -0.05) is 18.8 Å². The maximum Gasteiger partial charge on any atom is 0.117 e. The first-order chi connectivity index (χ1) is 5.79. The fourth-order valence-corrected chi connectivity index (χ4v) is 2.00. The predicted molar refractivity (Wildman–Crippen MR) is 47.4 cm³/mol. The van der Waals surface area contributed by atoms with E-state index in [2.05, 4.69) is 5.92 Å². The Morgan fingerprint density at radius 3 is 2.67 bits per heavy atom. The van der Waals surface area contributed by atoms with Gasteiger partial charge in [0.2, 0.25) is 0 Å². The van der Waals surface area contributed by atoms with E-state index >= 15 is 0 Å². The molecule has 0 unspecified atom stereocenters. The van der Waals surface area contributed by atoms with E-state index < -0.39 is 6.10 Å². The molecule has 3 atom stereocenters. The number of hydrogen-bond acceptors (Lipinski definition) is 2. The van der Waals surface area contributed by atoms with Crippen molar-refractivity contribution in [3.05, 3.63) is 0 Å². The molecule has 0 aliphatic heterocycles. The largest absolute Gasteiger partial charge is 0.396 e. The Morgan fingerprint density at radius 1 is 1.42 bits per heavy atom. The SMILES string of the molecule is C#C[C@H](O)[C@@H]1CCCC[C@H]1CO. The van der Waals surface area contributed by atoms with Gasteiger partial charge in [0.15, 0.2) is 0 Å². The van der Waals surface area contributed by atoms with E-state index in [0.717, 1.165) is 25.7 Å². The van der Waals surface area contributed by atoms with Crippen LogP contribution in [0.1, 0.15) is 25.7 Å². The van der Waals surface area contributed by atoms with Crippen LogP contribution in [0.2, 0.25) is 0 Å². The van der Waals surface area contributed by atoms with Crippen molar-refractivity contribution in [3.8, 4) is 12.3 Å². The Morgan fingerprint density at radius 2 is 2.08 bits per heavy atom. The van der Waals surface area contributed by atoms with E-state index in [1.165, 1.54) is 0 Å². The second kappa shape index (κ2) is 4.49. The molecule has 1 fully saturated rings. The summed E-state index contributed by atoms with van der Waals surface area (Å²) in [6, 6.07) is 0. The maximum absolute atomic E-state index is 9.44. The standard InChI is InChI=1S/C10H16O2/c1-2-10(12)9-6-4-3-5-8(9)7-11/h1,8-12H,3-7H2/t8-,9+,10-/m0/s1. The van der Waals surface area contributed by atoms with Gasteiger partial charge in [-0.05, 0) is 18.8 Å². The van der Waals surface area contributed by atoms with Gasteiger partial charge in [-0.15, -0.1) is 6.42 Å². The van der Waals surface area contributed by atoms with Crippen LogP contribution < -0.4 is 0 Å². The Labute approximate surface area is 73.6 Å². The minimum Gasteiger partial charge on any atom is -0.396 e. The maximum atomic E-state index is 9.44. The number of aliphatic hydroxyl groups excluding tert-OH is 2. The van der Waals surface area contributed by atoms with Gasteiger partial charge in [0.1, 0.15) is 6.10 Å². The zero-order valence-corrected chi connectivity index (χ0v) is 7.24. The summed E-state index contributed by atoms with van der Waals surface area (Å²) < 4.78 is 0. The smallest absolute Gasteiger partial charge is 0.117 e. The van der Waals surface area contributed by atoms with Crippen molar-refractivity contribution in [2.45, 2.75) is 31.8 Å². The highest BCUT2D eigenvalue weighted by molar-refractivity contribution is 4.99. The summed E-state index contributed by atoms with van der Waals surface area (Å²) in [4.78, 5) is 0. The molecule has 0 aromatic heterocycles. The molecule has 1 saturated carbocycles. The highest BCUT2D eigenvalue weighted by Gasteiger charge is 2.29. The minimum absolute atomic E-state index is 0.119. The molecular weight excluding hydrogens is 152 g/mol. The van der Waals surface area contributed by atoms with E-state index in [9.17, 15) is 5.11 Å². The summed E-state index contributed by atoms with van der Waals surface area (Å²) in [5.74, 6) is 2.68. The molecule has 68 valence electrons. The van der Waals surface area contributed by atoms with Crippen LogP contribution in [0.25, 0.3) is 0 Å². The number of terminal acetylenes is 1. The van der Waals surface area contributed by atoms with Crippen LogP contribution in [0.3, 0.4) is 0 Å². The summed E-state index contributed by atoms with van der Waals surface area (Å²) in [7, 11) is 0. The molecule has 0 aromatic carbocycles. The Bertz CT molecular complexity index is 171. The van der Waals surface area contributed by atoms with Crippen LogP contribution in [0, 0.1) is 24.2 Å². The third-order valence-corrected chi connectivity index (χ3v) is 2.78. The van der Waals surface area contributed by atoms with E-state index in [0.29, 0.717) is 0 Å². The lowest BCUT2D eigenvalue weighted by molar-refractivity contribution is 0.0547. The van der Waals surface area contributed by atoms with Gasteiger partial charge in [-0.3, -0.25) is 0 Å². The fourth-order valence-electron chi connectivity index (χ4n) is 2.00. The highest BCUT2D eigenvalue weighted by Crippen LogP contribution is 2.31. The Balaban J connectivity index is 2.53. The molecular formula is C10H16O2. The molecule has 1 rings (SSSR count). The van der Waals surface area contributed by atoms with Gasteiger partial charge in [0.05, 0.1) is 0 Å². The Kier molecular flexibility index (Phi) is 3.58. The van der Waals surface area contributed by atoms with Crippen molar-refractivity contribution in [1.82, 2.24) is 0 Å². The second-order valence-corrected chi connectivity index (χ2v) is 3.50. The van der Waals surface area contributed by atoms with E-state index in [4.69, 9.17) is 11.5 Å². The van der Waals surface area contributed by atoms with Crippen LogP contribution in [-0.2, 0) is 0 Å². The molecule has 1 aliphatic rings. The van der Waals surface area contributed by atoms with Crippen LogP contribution >= 0.6 is 0 Å². The average Bonchev–Trinajstić information content (AvgIpc) is 2.16. The van der Waals surface area contributed by atoms with Gasteiger partial charge in [-0.2, -0.15) is 0 Å². The van der Waals surface area contributed by atoms with Crippen molar-refractivity contribution in [2.75, 3.05) is 6.61 Å². The molecule has 0 saturated heterocycles. The van der Waals surface area contributed by atoms with Gasteiger partial charge >= 0.3 is 0 Å². The zero-order chi connectivity index (χ0) is 8.97. The molecule has 0 radical (unpaired) electrons. The number of hydrogen-bond donors (Lipinski definition) is 2.